The van der Waals surface area contributed by atoms with E-state index >= 15 is 0 Å². The third-order valence-corrected chi connectivity index (χ3v) is 3.75. The highest BCUT2D eigenvalue weighted by molar-refractivity contribution is 7.71. The summed E-state index contributed by atoms with van der Waals surface area (Å²) in [5.41, 5.74) is 0.820. The minimum Gasteiger partial charge on any atom is -0.390 e. The number of hydrogen-bond acceptors (Lipinski definition) is 3. The zero-order chi connectivity index (χ0) is 10.8. The molecule has 0 saturated heterocycles. The second-order valence-corrected chi connectivity index (χ2v) is 4.67. The van der Waals surface area contributed by atoms with Gasteiger partial charge in [-0.05, 0) is 30.6 Å². The van der Waals surface area contributed by atoms with Crippen LogP contribution in [0.5, 0.6) is 0 Å². The lowest BCUT2D eigenvalue weighted by atomic mass is 10.2. The molecule has 3 nitrogen and oxygen atoms in total. The fourth-order valence-electron chi connectivity index (χ4n) is 1.62. The fraction of sp³-hybridized carbons (Fsp3) is 0.300. The number of nitrogens with one attached hydrogen (secondary N) is 1. The van der Waals surface area contributed by atoms with Gasteiger partial charge in [-0.2, -0.15) is 0 Å². The number of H-pyrrole nitrogens is 1. The number of imidazole rings is 1. The Hall–Kier alpha value is -0.910. The Bertz CT molecular complexity index is 484. The Morgan fingerprint density at radius 1 is 1.67 bits per heavy atom. The smallest absolute Gasteiger partial charge is 0.178 e. The summed E-state index contributed by atoms with van der Waals surface area (Å²) in [5.74, 6) is 0. The number of aromatic nitrogens is 2. The first kappa shape index (κ1) is 10.6. The summed E-state index contributed by atoms with van der Waals surface area (Å²) in [6.45, 7) is 2.08. The number of thiophene rings is 1. The summed E-state index contributed by atoms with van der Waals surface area (Å²) in [7, 11) is 0. The van der Waals surface area contributed by atoms with Crippen LogP contribution in [0.1, 0.15) is 23.5 Å². The monoisotopic (exact) mass is 240 g/mol. The van der Waals surface area contributed by atoms with Crippen molar-refractivity contribution >= 4 is 23.6 Å². The Balaban J connectivity index is 2.45. The van der Waals surface area contributed by atoms with E-state index in [4.69, 9.17) is 12.2 Å². The molecule has 0 amide bonds. The summed E-state index contributed by atoms with van der Waals surface area (Å²) in [6, 6.07) is 4.27. The van der Waals surface area contributed by atoms with E-state index in [0.717, 1.165) is 5.69 Å². The second-order valence-electron chi connectivity index (χ2n) is 3.30. The largest absolute Gasteiger partial charge is 0.390 e. The van der Waals surface area contributed by atoms with Gasteiger partial charge in [-0.15, -0.1) is 11.3 Å². The van der Waals surface area contributed by atoms with Crippen molar-refractivity contribution in [3.05, 3.63) is 39.1 Å². The molecule has 2 rings (SSSR count). The van der Waals surface area contributed by atoms with Gasteiger partial charge in [0.1, 0.15) is 0 Å². The van der Waals surface area contributed by atoms with E-state index in [-0.39, 0.29) is 12.6 Å². The molecular formula is C10H12N2OS2. The molecule has 0 aliphatic rings. The van der Waals surface area contributed by atoms with Crippen molar-refractivity contribution in [1.29, 1.82) is 0 Å². The van der Waals surface area contributed by atoms with Gasteiger partial charge in [0.2, 0.25) is 0 Å². The average molecular weight is 240 g/mol. The van der Waals surface area contributed by atoms with Crippen molar-refractivity contribution in [2.24, 2.45) is 0 Å². The third-order valence-electron chi connectivity index (χ3n) is 2.39. The molecule has 1 unspecified atom stereocenters. The molecule has 80 valence electrons. The van der Waals surface area contributed by atoms with Crippen LogP contribution >= 0.6 is 23.6 Å². The minimum atomic E-state index is 0.00283. The predicted molar refractivity (Wildman–Crippen MR) is 63.7 cm³/mol. The summed E-state index contributed by atoms with van der Waals surface area (Å²) >= 11 is 6.88. The van der Waals surface area contributed by atoms with Crippen molar-refractivity contribution in [1.82, 2.24) is 9.55 Å². The molecule has 0 bridgehead atoms. The van der Waals surface area contributed by atoms with Crippen molar-refractivity contribution in [3.63, 3.8) is 0 Å². The van der Waals surface area contributed by atoms with Crippen LogP contribution in [0.25, 0.3) is 0 Å². The molecule has 2 N–H and O–H groups in total. The van der Waals surface area contributed by atoms with Gasteiger partial charge in [0.05, 0.1) is 18.3 Å². The number of aliphatic hydroxyl groups excluding tert-OH is 1. The normalized spacial score (nSPS) is 12.9. The van der Waals surface area contributed by atoms with Crippen molar-refractivity contribution < 1.29 is 5.11 Å². The summed E-state index contributed by atoms with van der Waals surface area (Å²) < 4.78 is 2.60. The molecular weight excluding hydrogens is 228 g/mol. The molecule has 0 aliphatic heterocycles. The lowest BCUT2D eigenvalue weighted by Gasteiger charge is -2.14. The predicted octanol–water partition coefficient (Wildman–Crippen LogP) is 2.71. The lowest BCUT2D eigenvalue weighted by molar-refractivity contribution is 0.269. The Morgan fingerprint density at radius 2 is 2.47 bits per heavy atom. The number of aromatic amines is 1. The van der Waals surface area contributed by atoms with Crippen molar-refractivity contribution in [2.45, 2.75) is 19.6 Å². The molecule has 0 aromatic carbocycles. The molecule has 5 heteroatoms. The highest BCUT2D eigenvalue weighted by atomic mass is 32.1. The number of aliphatic hydroxyl groups is 1. The van der Waals surface area contributed by atoms with Crippen LogP contribution in [-0.2, 0) is 6.61 Å². The van der Waals surface area contributed by atoms with Crippen LogP contribution in [0.2, 0.25) is 0 Å². The Kier molecular flexibility index (Phi) is 3.04. The molecule has 15 heavy (non-hydrogen) atoms. The standard InChI is InChI=1S/C10H12N2OS2/c1-7(9-3-2-4-15-9)12-8(6-13)5-11-10(12)14/h2-5,7,13H,6H2,1H3,(H,11,14). The van der Waals surface area contributed by atoms with Crippen LogP contribution in [0.3, 0.4) is 0 Å². The van der Waals surface area contributed by atoms with E-state index in [0.29, 0.717) is 4.77 Å². The topological polar surface area (TPSA) is 41.0 Å². The maximum Gasteiger partial charge on any atom is 0.178 e. The quantitative estimate of drug-likeness (QED) is 0.810. The van der Waals surface area contributed by atoms with E-state index in [9.17, 15) is 5.11 Å². The van der Waals surface area contributed by atoms with E-state index < -0.39 is 0 Å². The summed E-state index contributed by atoms with van der Waals surface area (Å²) in [5, 5.41) is 11.2. The molecule has 2 heterocycles. The van der Waals surface area contributed by atoms with Crippen LogP contribution in [0.4, 0.5) is 0 Å². The van der Waals surface area contributed by atoms with E-state index in [1.807, 2.05) is 16.0 Å². The zero-order valence-electron chi connectivity index (χ0n) is 8.30. The molecule has 0 radical (unpaired) electrons. The van der Waals surface area contributed by atoms with Gasteiger partial charge in [0.25, 0.3) is 0 Å². The fourth-order valence-corrected chi connectivity index (χ4v) is 2.73. The number of rotatable bonds is 3. The molecule has 2 aromatic rings. The first-order valence-corrected chi connectivity index (χ1v) is 5.96. The van der Waals surface area contributed by atoms with Crippen LogP contribution < -0.4 is 0 Å². The van der Waals surface area contributed by atoms with Gasteiger partial charge in [0.15, 0.2) is 4.77 Å². The van der Waals surface area contributed by atoms with Gasteiger partial charge in [-0.3, -0.25) is 0 Å². The molecule has 0 spiro atoms. The highest BCUT2D eigenvalue weighted by Gasteiger charge is 2.13. The van der Waals surface area contributed by atoms with Gasteiger partial charge >= 0.3 is 0 Å². The SMILES string of the molecule is CC(c1cccs1)n1c(CO)c[nH]c1=S. The average Bonchev–Trinajstić information content (AvgIpc) is 2.85. The minimum absolute atomic E-state index is 0.00283. The molecule has 0 saturated carbocycles. The first-order chi connectivity index (χ1) is 7.24. The van der Waals surface area contributed by atoms with E-state index in [1.165, 1.54) is 4.88 Å². The first-order valence-electron chi connectivity index (χ1n) is 4.67. The second kappa shape index (κ2) is 4.30. The maximum absolute atomic E-state index is 9.19. The molecule has 0 aliphatic carbocycles. The van der Waals surface area contributed by atoms with Crippen LogP contribution in [-0.4, -0.2) is 14.7 Å². The molecule has 2 aromatic heterocycles. The number of hydrogen-bond donors (Lipinski definition) is 2. The lowest BCUT2D eigenvalue weighted by Crippen LogP contribution is -2.09. The Labute approximate surface area is 97.0 Å². The van der Waals surface area contributed by atoms with Crippen LogP contribution in [0.15, 0.2) is 23.7 Å². The number of nitrogens with zero attached hydrogens (tertiary/aromatic N) is 1. The van der Waals surface area contributed by atoms with Gasteiger partial charge in [0, 0.05) is 11.1 Å². The Morgan fingerprint density at radius 3 is 3.07 bits per heavy atom. The zero-order valence-corrected chi connectivity index (χ0v) is 9.94. The van der Waals surface area contributed by atoms with Crippen LogP contribution in [0, 0.1) is 4.77 Å². The van der Waals surface area contributed by atoms with Crippen molar-refractivity contribution in [3.8, 4) is 0 Å². The van der Waals surface area contributed by atoms with Crippen molar-refractivity contribution in [2.75, 3.05) is 0 Å². The van der Waals surface area contributed by atoms with E-state index in [1.54, 1.807) is 17.5 Å². The molecule has 0 fully saturated rings. The molecule has 1 atom stereocenters. The summed E-state index contributed by atoms with van der Waals surface area (Å²) in [6.07, 6.45) is 1.76. The van der Waals surface area contributed by atoms with Gasteiger partial charge < -0.3 is 14.7 Å². The van der Waals surface area contributed by atoms with Gasteiger partial charge in [-0.1, -0.05) is 6.07 Å². The third kappa shape index (κ3) is 1.90. The van der Waals surface area contributed by atoms with Gasteiger partial charge in [-0.25, -0.2) is 0 Å². The summed E-state index contributed by atoms with van der Waals surface area (Å²) in [4.78, 5) is 4.19. The maximum atomic E-state index is 9.19. The van der Waals surface area contributed by atoms with E-state index in [2.05, 4.69) is 18.0 Å². The highest BCUT2D eigenvalue weighted by Crippen LogP contribution is 2.24.